The minimum absolute atomic E-state index is 0.215. The Morgan fingerprint density at radius 2 is 1.45 bits per heavy atom. The number of hydrogen-bond donors (Lipinski definition) is 3. The van der Waals surface area contributed by atoms with Crippen LogP contribution in [0.4, 0.5) is 0 Å². The maximum absolute atomic E-state index is 9.70. The quantitative estimate of drug-likeness (QED) is 0.358. The van der Waals surface area contributed by atoms with Crippen LogP contribution in [0.25, 0.3) is 34.2 Å². The van der Waals surface area contributed by atoms with E-state index in [0.29, 0.717) is 10.3 Å². The summed E-state index contributed by atoms with van der Waals surface area (Å²) in [7, 11) is 0. The van der Waals surface area contributed by atoms with Gasteiger partial charge in [-0.15, -0.1) is 0 Å². The summed E-state index contributed by atoms with van der Waals surface area (Å²) in [5, 5.41) is 9.70. The summed E-state index contributed by atoms with van der Waals surface area (Å²) in [4.78, 5) is 3.33. The van der Waals surface area contributed by atoms with Crippen LogP contribution >= 0.6 is 12.2 Å². The van der Waals surface area contributed by atoms with Crippen molar-refractivity contribution in [1.82, 2.24) is 4.98 Å². The van der Waals surface area contributed by atoms with Crippen molar-refractivity contribution in [2.24, 2.45) is 5.73 Å². The molecule has 29 heavy (non-hydrogen) atoms. The zero-order chi connectivity index (χ0) is 20.2. The molecule has 0 amide bonds. The summed E-state index contributed by atoms with van der Waals surface area (Å²) >= 11 is 5.72. The maximum atomic E-state index is 9.70. The van der Waals surface area contributed by atoms with E-state index >= 15 is 0 Å². The lowest BCUT2D eigenvalue weighted by Crippen LogP contribution is -2.02. The second-order valence-electron chi connectivity index (χ2n) is 6.72. The zero-order valence-electron chi connectivity index (χ0n) is 15.7. The van der Waals surface area contributed by atoms with Crippen molar-refractivity contribution in [2.45, 2.75) is 0 Å². The Balaban J connectivity index is 1.93. The average molecular weight is 397 g/mol. The number of phenols is 1. The van der Waals surface area contributed by atoms with Crippen LogP contribution in [0.1, 0.15) is 11.1 Å². The normalized spacial score (nSPS) is 11.4. The van der Waals surface area contributed by atoms with Crippen molar-refractivity contribution >= 4 is 24.0 Å². The Bertz CT molecular complexity index is 1210. The highest BCUT2D eigenvalue weighted by Gasteiger charge is 2.13. The minimum Gasteiger partial charge on any atom is -0.508 e. The Kier molecular flexibility index (Phi) is 5.27. The molecule has 0 bridgehead atoms. The molecular weight excluding hydrogens is 376 g/mol. The number of hydrogen-bond acceptors (Lipinski definition) is 3. The van der Waals surface area contributed by atoms with Gasteiger partial charge in [-0.25, -0.2) is 0 Å². The highest BCUT2D eigenvalue weighted by atomic mass is 32.1. The molecule has 4 rings (SSSR count). The van der Waals surface area contributed by atoms with E-state index in [0.717, 1.165) is 33.5 Å². The number of rotatable bonds is 4. The molecule has 0 saturated heterocycles. The third-order valence-corrected chi connectivity index (χ3v) is 5.01. The minimum atomic E-state index is 0.215. The number of pyridine rings is 1. The molecule has 0 radical (unpaired) electrons. The SMILES string of the molecule is N/C(=C\c1ccccc1)c1c(-c2ccc(O)cc2)cc(-c2ccccc2)[nH]c1=S. The molecule has 0 unspecified atom stereocenters. The molecule has 3 aromatic carbocycles. The Labute approximate surface area is 174 Å². The molecule has 0 aliphatic carbocycles. The second-order valence-corrected chi connectivity index (χ2v) is 7.13. The predicted octanol–water partition coefficient (Wildman–Crippen LogP) is 6.24. The molecule has 4 N–H and O–H groups in total. The summed E-state index contributed by atoms with van der Waals surface area (Å²) in [6.07, 6.45) is 1.92. The maximum Gasteiger partial charge on any atom is 0.115 e. The van der Waals surface area contributed by atoms with Gasteiger partial charge >= 0.3 is 0 Å². The van der Waals surface area contributed by atoms with E-state index < -0.39 is 0 Å². The lowest BCUT2D eigenvalue weighted by molar-refractivity contribution is 0.475. The third kappa shape index (κ3) is 4.13. The number of nitrogens with one attached hydrogen (secondary N) is 1. The van der Waals surface area contributed by atoms with E-state index in [1.165, 1.54) is 0 Å². The topological polar surface area (TPSA) is 62.0 Å². The first-order valence-corrected chi connectivity index (χ1v) is 9.67. The predicted molar refractivity (Wildman–Crippen MR) is 123 cm³/mol. The van der Waals surface area contributed by atoms with E-state index in [1.807, 2.05) is 78.9 Å². The van der Waals surface area contributed by atoms with Gasteiger partial charge in [0.05, 0.1) is 0 Å². The summed E-state index contributed by atoms with van der Waals surface area (Å²) < 4.78 is 0.569. The fourth-order valence-electron chi connectivity index (χ4n) is 3.29. The summed E-state index contributed by atoms with van der Waals surface area (Å²) in [6, 6.07) is 29.1. The molecular formula is C25H20N2OS. The largest absolute Gasteiger partial charge is 0.508 e. The third-order valence-electron chi connectivity index (χ3n) is 4.71. The molecule has 0 saturated carbocycles. The Morgan fingerprint density at radius 1 is 0.828 bits per heavy atom. The number of nitrogens with two attached hydrogens (primary N) is 1. The molecule has 0 atom stereocenters. The van der Waals surface area contributed by atoms with Crippen LogP contribution in [0.5, 0.6) is 5.75 Å². The number of benzene rings is 3. The number of aromatic hydroxyl groups is 1. The van der Waals surface area contributed by atoms with E-state index in [9.17, 15) is 5.11 Å². The van der Waals surface area contributed by atoms with Gasteiger partial charge < -0.3 is 15.8 Å². The van der Waals surface area contributed by atoms with E-state index in [4.69, 9.17) is 18.0 Å². The average Bonchev–Trinajstić information content (AvgIpc) is 2.75. The summed E-state index contributed by atoms with van der Waals surface area (Å²) in [6.45, 7) is 0. The molecule has 0 spiro atoms. The van der Waals surface area contributed by atoms with Gasteiger partial charge in [-0.3, -0.25) is 0 Å². The number of aromatic nitrogens is 1. The van der Waals surface area contributed by atoms with E-state index in [-0.39, 0.29) is 5.75 Å². The summed E-state index contributed by atoms with van der Waals surface area (Å²) in [5.74, 6) is 0.215. The van der Waals surface area contributed by atoms with Gasteiger partial charge in [0.1, 0.15) is 10.4 Å². The molecule has 4 heteroatoms. The van der Waals surface area contributed by atoms with Gasteiger partial charge in [-0.05, 0) is 46.5 Å². The van der Waals surface area contributed by atoms with Gasteiger partial charge in [-0.1, -0.05) is 85.0 Å². The van der Waals surface area contributed by atoms with Gasteiger partial charge in [0.2, 0.25) is 0 Å². The van der Waals surface area contributed by atoms with Gasteiger partial charge in [-0.2, -0.15) is 0 Å². The molecule has 0 fully saturated rings. The number of H-pyrrole nitrogens is 1. The highest BCUT2D eigenvalue weighted by molar-refractivity contribution is 7.71. The van der Waals surface area contributed by atoms with Crippen molar-refractivity contribution < 1.29 is 5.11 Å². The second kappa shape index (κ2) is 8.17. The molecule has 0 aliphatic heterocycles. The zero-order valence-corrected chi connectivity index (χ0v) is 16.5. The van der Waals surface area contributed by atoms with Crippen molar-refractivity contribution in [3.8, 4) is 28.1 Å². The van der Waals surface area contributed by atoms with Crippen LogP contribution in [0.2, 0.25) is 0 Å². The lowest BCUT2D eigenvalue weighted by Gasteiger charge is -2.14. The van der Waals surface area contributed by atoms with Crippen molar-refractivity contribution in [3.05, 3.63) is 107 Å². The van der Waals surface area contributed by atoms with Gasteiger partial charge in [0, 0.05) is 17.0 Å². The molecule has 4 aromatic rings. The molecule has 1 aromatic heterocycles. The van der Waals surface area contributed by atoms with Crippen LogP contribution in [0.3, 0.4) is 0 Å². The first kappa shape index (κ1) is 18.7. The molecule has 142 valence electrons. The number of aromatic amines is 1. The fourth-order valence-corrected chi connectivity index (χ4v) is 3.63. The first-order chi connectivity index (χ1) is 14.1. The highest BCUT2D eigenvalue weighted by Crippen LogP contribution is 2.33. The molecule has 0 aliphatic rings. The number of phenolic OH excluding ortho intramolecular Hbond substituents is 1. The van der Waals surface area contributed by atoms with Crippen molar-refractivity contribution in [1.29, 1.82) is 0 Å². The fraction of sp³-hybridized carbons (Fsp3) is 0. The Hall–Kier alpha value is -3.63. The van der Waals surface area contributed by atoms with Crippen LogP contribution in [-0.2, 0) is 0 Å². The summed E-state index contributed by atoms with van der Waals surface area (Å²) in [5.41, 5.74) is 12.7. The lowest BCUT2D eigenvalue weighted by atomic mass is 9.96. The first-order valence-electron chi connectivity index (χ1n) is 9.26. The van der Waals surface area contributed by atoms with Gasteiger partial charge in [0.25, 0.3) is 0 Å². The smallest absolute Gasteiger partial charge is 0.115 e. The van der Waals surface area contributed by atoms with Crippen LogP contribution in [0, 0.1) is 4.64 Å². The van der Waals surface area contributed by atoms with Crippen molar-refractivity contribution in [3.63, 3.8) is 0 Å². The van der Waals surface area contributed by atoms with Crippen LogP contribution in [0.15, 0.2) is 91.0 Å². The van der Waals surface area contributed by atoms with Crippen molar-refractivity contribution in [2.75, 3.05) is 0 Å². The van der Waals surface area contributed by atoms with Crippen LogP contribution < -0.4 is 5.73 Å². The standard InChI is InChI=1S/C25H20N2OS/c26-22(15-17-7-3-1-4-8-17)24-21(18-11-13-20(28)14-12-18)16-23(27-25(24)29)19-9-5-2-6-10-19/h1-16,28H,26H2,(H,27,29)/b22-15-. The van der Waals surface area contributed by atoms with Crippen LogP contribution in [-0.4, -0.2) is 10.1 Å². The van der Waals surface area contributed by atoms with Gasteiger partial charge in [0.15, 0.2) is 0 Å². The van der Waals surface area contributed by atoms with E-state index in [1.54, 1.807) is 12.1 Å². The van der Waals surface area contributed by atoms with E-state index in [2.05, 4.69) is 11.1 Å². The molecule has 3 nitrogen and oxygen atoms in total. The molecule has 1 heterocycles. The monoisotopic (exact) mass is 396 g/mol. The Morgan fingerprint density at radius 3 is 2.10 bits per heavy atom.